The topological polar surface area (TPSA) is 30.3 Å². The molecular weight excluding hydrogens is 337 g/mol. The van der Waals surface area contributed by atoms with Crippen molar-refractivity contribution in [1.29, 1.82) is 5.26 Å². The van der Waals surface area contributed by atoms with Gasteiger partial charge in [-0.2, -0.15) is 5.26 Å². The number of rotatable bonds is 3. The Labute approximate surface area is 161 Å². The highest BCUT2D eigenvalue weighted by Gasteiger charge is 2.36. The van der Waals surface area contributed by atoms with Crippen LogP contribution in [0.15, 0.2) is 36.6 Å². The van der Waals surface area contributed by atoms with E-state index in [0.717, 1.165) is 66.8 Å². The summed E-state index contributed by atoms with van der Waals surface area (Å²) in [5.74, 6) is -0.186. The number of halogens is 1. The summed E-state index contributed by atoms with van der Waals surface area (Å²) >= 11 is 0. The Morgan fingerprint density at radius 1 is 1.19 bits per heavy atom. The average molecular weight is 363 g/mol. The Balaban J connectivity index is 1.85. The zero-order valence-electron chi connectivity index (χ0n) is 16.0. The number of allylic oxidation sites excluding steroid dienone is 3. The molecule has 0 amide bonds. The van der Waals surface area contributed by atoms with E-state index >= 15 is 4.39 Å². The standard InChI is InChI=1S/C23H26FN3/c1-15(13-25)20-14-27(18-8-9-18)22-17(3)23(21(24)12-19(22)16(20)2)26-10-6-4-5-7-11-26/h12,14,18H,1-2,4-11H2,3H3. The van der Waals surface area contributed by atoms with Crippen LogP contribution in [-0.2, 0) is 0 Å². The van der Waals surface area contributed by atoms with E-state index in [-0.39, 0.29) is 5.82 Å². The van der Waals surface area contributed by atoms with Gasteiger partial charge in [0.15, 0.2) is 0 Å². The summed E-state index contributed by atoms with van der Waals surface area (Å²) in [6.07, 6.45) is 8.90. The lowest BCUT2D eigenvalue weighted by molar-refractivity contribution is 0.614. The van der Waals surface area contributed by atoms with Gasteiger partial charge >= 0.3 is 0 Å². The van der Waals surface area contributed by atoms with Crippen molar-refractivity contribution in [2.45, 2.75) is 51.5 Å². The van der Waals surface area contributed by atoms with Crippen molar-refractivity contribution in [3.05, 3.63) is 53.5 Å². The first-order valence-electron chi connectivity index (χ1n) is 9.90. The van der Waals surface area contributed by atoms with Crippen LogP contribution >= 0.6 is 0 Å². The molecule has 0 aromatic heterocycles. The predicted molar refractivity (Wildman–Crippen MR) is 109 cm³/mol. The van der Waals surface area contributed by atoms with Crippen molar-refractivity contribution in [1.82, 2.24) is 0 Å². The van der Waals surface area contributed by atoms with E-state index in [1.807, 2.05) is 13.1 Å². The van der Waals surface area contributed by atoms with Gasteiger partial charge in [0.1, 0.15) is 5.82 Å². The number of anilines is 2. The molecule has 27 heavy (non-hydrogen) atoms. The van der Waals surface area contributed by atoms with Crippen LogP contribution in [0.2, 0.25) is 0 Å². The lowest BCUT2D eigenvalue weighted by Crippen LogP contribution is -2.29. The van der Waals surface area contributed by atoms with E-state index in [2.05, 4.69) is 29.0 Å². The van der Waals surface area contributed by atoms with Gasteiger partial charge in [-0.05, 0) is 49.8 Å². The molecule has 2 heterocycles. The molecule has 0 bridgehead atoms. The van der Waals surface area contributed by atoms with Crippen LogP contribution in [0, 0.1) is 24.1 Å². The first kappa shape index (κ1) is 17.9. The normalized spacial score (nSPS) is 19.9. The molecule has 1 aromatic carbocycles. The van der Waals surface area contributed by atoms with Crippen LogP contribution in [0.25, 0.3) is 5.57 Å². The number of nitriles is 1. The van der Waals surface area contributed by atoms with Crippen molar-refractivity contribution >= 4 is 16.9 Å². The molecule has 1 saturated carbocycles. The van der Waals surface area contributed by atoms with Gasteiger partial charge in [-0.25, -0.2) is 4.39 Å². The number of hydrogen-bond donors (Lipinski definition) is 0. The summed E-state index contributed by atoms with van der Waals surface area (Å²) in [4.78, 5) is 4.46. The van der Waals surface area contributed by atoms with Crippen molar-refractivity contribution in [2.24, 2.45) is 0 Å². The Kier molecular flexibility index (Phi) is 4.55. The van der Waals surface area contributed by atoms with Crippen molar-refractivity contribution in [3.63, 3.8) is 0 Å². The highest BCUT2D eigenvalue weighted by molar-refractivity contribution is 5.95. The minimum atomic E-state index is -0.186. The summed E-state index contributed by atoms with van der Waals surface area (Å²) in [5.41, 5.74) is 5.37. The van der Waals surface area contributed by atoms with Crippen LogP contribution in [0.5, 0.6) is 0 Å². The van der Waals surface area contributed by atoms with Crippen molar-refractivity contribution < 1.29 is 4.39 Å². The second kappa shape index (κ2) is 6.88. The van der Waals surface area contributed by atoms with Gasteiger partial charge in [-0.1, -0.05) is 26.0 Å². The van der Waals surface area contributed by atoms with E-state index in [1.165, 1.54) is 12.8 Å². The minimum absolute atomic E-state index is 0.186. The van der Waals surface area contributed by atoms with Crippen LogP contribution in [0.4, 0.5) is 15.8 Å². The molecule has 140 valence electrons. The summed E-state index contributed by atoms with van der Waals surface area (Å²) in [7, 11) is 0. The van der Waals surface area contributed by atoms with Gasteiger partial charge in [0.05, 0.1) is 23.0 Å². The highest BCUT2D eigenvalue weighted by atomic mass is 19.1. The Bertz CT molecular complexity index is 878. The Morgan fingerprint density at radius 3 is 2.44 bits per heavy atom. The van der Waals surface area contributed by atoms with Gasteiger partial charge in [-0.3, -0.25) is 0 Å². The van der Waals surface area contributed by atoms with Crippen molar-refractivity contribution in [3.8, 4) is 6.07 Å². The predicted octanol–water partition coefficient (Wildman–Crippen LogP) is 5.47. The average Bonchev–Trinajstić information content (AvgIpc) is 3.49. The third-order valence-electron chi connectivity index (χ3n) is 5.96. The molecule has 1 aliphatic carbocycles. The molecule has 0 radical (unpaired) electrons. The number of hydrogen-bond acceptors (Lipinski definition) is 3. The number of benzene rings is 1. The monoisotopic (exact) mass is 363 g/mol. The third kappa shape index (κ3) is 3.06. The number of fused-ring (bicyclic) bond motifs is 1. The third-order valence-corrected chi connectivity index (χ3v) is 5.96. The maximum absolute atomic E-state index is 15.3. The fourth-order valence-electron chi connectivity index (χ4n) is 4.39. The van der Waals surface area contributed by atoms with E-state index < -0.39 is 0 Å². The zero-order chi connectivity index (χ0) is 19.1. The molecule has 4 heteroatoms. The summed E-state index contributed by atoms with van der Waals surface area (Å²) < 4.78 is 15.3. The first-order chi connectivity index (χ1) is 13.0. The smallest absolute Gasteiger partial charge is 0.147 e. The molecule has 0 spiro atoms. The van der Waals surface area contributed by atoms with Gasteiger partial charge < -0.3 is 9.80 Å². The quantitative estimate of drug-likeness (QED) is 0.667. The summed E-state index contributed by atoms with van der Waals surface area (Å²) in [6, 6.07) is 4.16. The SMILES string of the molecule is C=C(C#N)C1=CN(C2CC2)c2c(cc(F)c(N3CCCCCC3)c2C)C1=C. The molecule has 3 nitrogen and oxygen atoms in total. The molecule has 2 fully saturated rings. The largest absolute Gasteiger partial charge is 0.369 e. The summed E-state index contributed by atoms with van der Waals surface area (Å²) in [5, 5.41) is 9.31. The number of nitrogens with zero attached hydrogens (tertiary/aromatic N) is 3. The lowest BCUT2D eigenvalue weighted by atomic mass is 9.88. The molecule has 1 saturated heterocycles. The lowest BCUT2D eigenvalue weighted by Gasteiger charge is -2.35. The molecule has 0 atom stereocenters. The van der Waals surface area contributed by atoms with Gasteiger partial charge in [0.25, 0.3) is 0 Å². The van der Waals surface area contributed by atoms with E-state index in [1.54, 1.807) is 6.07 Å². The molecular formula is C23H26FN3. The second-order valence-electron chi connectivity index (χ2n) is 7.88. The molecule has 4 rings (SSSR count). The van der Waals surface area contributed by atoms with Crippen LogP contribution in [0.3, 0.4) is 0 Å². The van der Waals surface area contributed by atoms with Gasteiger partial charge in [0, 0.05) is 36.5 Å². The highest BCUT2D eigenvalue weighted by Crippen LogP contribution is 2.48. The fourth-order valence-corrected chi connectivity index (χ4v) is 4.39. The zero-order valence-corrected chi connectivity index (χ0v) is 16.0. The molecule has 0 N–H and O–H groups in total. The first-order valence-corrected chi connectivity index (χ1v) is 9.90. The molecule has 1 aromatic rings. The van der Waals surface area contributed by atoms with E-state index in [4.69, 9.17) is 0 Å². The van der Waals surface area contributed by atoms with Crippen LogP contribution < -0.4 is 9.80 Å². The van der Waals surface area contributed by atoms with Gasteiger partial charge in [0.2, 0.25) is 0 Å². The Morgan fingerprint density at radius 2 is 1.85 bits per heavy atom. The second-order valence-corrected chi connectivity index (χ2v) is 7.88. The van der Waals surface area contributed by atoms with E-state index in [0.29, 0.717) is 17.2 Å². The van der Waals surface area contributed by atoms with E-state index in [9.17, 15) is 5.26 Å². The van der Waals surface area contributed by atoms with Gasteiger partial charge in [-0.15, -0.1) is 0 Å². The molecule has 2 aliphatic heterocycles. The van der Waals surface area contributed by atoms with Crippen LogP contribution in [-0.4, -0.2) is 19.1 Å². The molecule has 3 aliphatic rings. The maximum Gasteiger partial charge on any atom is 0.147 e. The van der Waals surface area contributed by atoms with Crippen LogP contribution in [0.1, 0.15) is 49.7 Å². The summed E-state index contributed by atoms with van der Waals surface area (Å²) in [6.45, 7) is 11.9. The van der Waals surface area contributed by atoms with Crippen molar-refractivity contribution in [2.75, 3.05) is 22.9 Å². The molecule has 0 unspecified atom stereocenters. The fraction of sp³-hybridized carbons (Fsp3) is 0.435. The maximum atomic E-state index is 15.3. The Hall–Kier alpha value is -2.54. The minimum Gasteiger partial charge on any atom is -0.369 e.